The van der Waals surface area contributed by atoms with Gasteiger partial charge >= 0.3 is 0 Å². The van der Waals surface area contributed by atoms with E-state index in [1.165, 1.54) is 0 Å². The summed E-state index contributed by atoms with van der Waals surface area (Å²) in [5.41, 5.74) is 0.0748. The third-order valence-electron chi connectivity index (χ3n) is 2.42. The monoisotopic (exact) mass is 194 g/mol. The topological polar surface area (TPSA) is 29.5 Å². The highest BCUT2D eigenvalue weighted by Gasteiger charge is 2.24. The Morgan fingerprint density at radius 1 is 1.36 bits per heavy atom. The maximum atomic E-state index is 10.2. The number of rotatable bonds is 4. The second-order valence-corrected chi connectivity index (χ2v) is 3.72. The molecule has 1 aromatic carbocycles. The quantitative estimate of drug-likeness (QED) is 0.798. The van der Waals surface area contributed by atoms with Crippen LogP contribution in [0, 0.1) is 0 Å². The Hall–Kier alpha value is -1.02. The number of aliphatic hydroxyl groups is 1. The van der Waals surface area contributed by atoms with Crippen molar-refractivity contribution in [1.82, 2.24) is 0 Å². The molecule has 0 aliphatic carbocycles. The van der Waals surface area contributed by atoms with Crippen LogP contribution in [0.5, 0.6) is 5.75 Å². The van der Waals surface area contributed by atoms with E-state index in [0.717, 1.165) is 24.2 Å². The van der Waals surface area contributed by atoms with Gasteiger partial charge < -0.3 is 9.84 Å². The lowest BCUT2D eigenvalue weighted by molar-refractivity contribution is 0.0445. The summed E-state index contributed by atoms with van der Waals surface area (Å²) in [7, 11) is 1.63. The zero-order valence-corrected chi connectivity index (χ0v) is 9.08. The number of hydrogen-bond acceptors (Lipinski definition) is 2. The van der Waals surface area contributed by atoms with Gasteiger partial charge in [0.1, 0.15) is 5.75 Å². The molecule has 0 spiro atoms. The number of ether oxygens (including phenoxy) is 1. The lowest BCUT2D eigenvalue weighted by atomic mass is 9.91. The van der Waals surface area contributed by atoms with Gasteiger partial charge in [0.15, 0.2) is 0 Å². The van der Waals surface area contributed by atoms with Crippen LogP contribution >= 0.6 is 0 Å². The maximum absolute atomic E-state index is 10.2. The second-order valence-electron chi connectivity index (χ2n) is 3.72. The summed E-state index contributed by atoms with van der Waals surface area (Å²) in [6, 6.07) is 7.61. The molecular weight excluding hydrogens is 176 g/mol. The van der Waals surface area contributed by atoms with Gasteiger partial charge in [-0.05, 0) is 19.4 Å². The van der Waals surface area contributed by atoms with Crippen molar-refractivity contribution in [2.75, 3.05) is 7.11 Å². The lowest BCUT2D eigenvalue weighted by Crippen LogP contribution is -2.21. The maximum Gasteiger partial charge on any atom is 0.124 e. The van der Waals surface area contributed by atoms with Crippen molar-refractivity contribution in [3.8, 4) is 5.75 Å². The Kier molecular flexibility index (Phi) is 3.53. The van der Waals surface area contributed by atoms with Crippen molar-refractivity contribution < 1.29 is 9.84 Å². The summed E-state index contributed by atoms with van der Waals surface area (Å²) >= 11 is 0. The summed E-state index contributed by atoms with van der Waals surface area (Å²) < 4.78 is 5.22. The number of para-hydroxylation sites is 1. The fraction of sp³-hybridized carbons (Fsp3) is 0.500. The van der Waals surface area contributed by atoms with Gasteiger partial charge in [0.25, 0.3) is 0 Å². The Morgan fingerprint density at radius 3 is 2.57 bits per heavy atom. The molecule has 0 saturated heterocycles. The van der Waals surface area contributed by atoms with Crippen LogP contribution in [0.25, 0.3) is 0 Å². The van der Waals surface area contributed by atoms with Gasteiger partial charge in [-0.3, -0.25) is 0 Å². The molecule has 14 heavy (non-hydrogen) atoms. The molecule has 0 heterocycles. The first kappa shape index (κ1) is 11.1. The van der Waals surface area contributed by atoms with Crippen LogP contribution in [0.15, 0.2) is 24.3 Å². The van der Waals surface area contributed by atoms with Crippen LogP contribution in [-0.2, 0) is 5.60 Å². The fourth-order valence-electron chi connectivity index (χ4n) is 1.71. The third kappa shape index (κ3) is 2.26. The third-order valence-corrected chi connectivity index (χ3v) is 2.42. The van der Waals surface area contributed by atoms with E-state index in [0.29, 0.717) is 0 Å². The Balaban J connectivity index is 3.04. The minimum atomic E-state index is -0.790. The van der Waals surface area contributed by atoms with E-state index in [1.54, 1.807) is 7.11 Å². The molecule has 0 saturated carbocycles. The van der Waals surface area contributed by atoms with Gasteiger partial charge in [-0.25, -0.2) is 0 Å². The van der Waals surface area contributed by atoms with E-state index in [1.807, 2.05) is 31.2 Å². The molecule has 0 aliphatic heterocycles. The highest BCUT2D eigenvalue weighted by atomic mass is 16.5. The number of methoxy groups -OCH3 is 1. The van der Waals surface area contributed by atoms with Crippen molar-refractivity contribution >= 4 is 0 Å². The normalized spacial score (nSPS) is 14.9. The van der Waals surface area contributed by atoms with Crippen LogP contribution in [0.3, 0.4) is 0 Å². The zero-order valence-electron chi connectivity index (χ0n) is 9.08. The first-order chi connectivity index (χ1) is 6.61. The van der Waals surface area contributed by atoms with Crippen molar-refractivity contribution in [2.24, 2.45) is 0 Å². The smallest absolute Gasteiger partial charge is 0.124 e. The van der Waals surface area contributed by atoms with E-state index in [-0.39, 0.29) is 0 Å². The predicted molar refractivity (Wildman–Crippen MR) is 57.5 cm³/mol. The molecule has 0 radical (unpaired) electrons. The van der Waals surface area contributed by atoms with Gasteiger partial charge in [0.2, 0.25) is 0 Å². The van der Waals surface area contributed by atoms with Gasteiger partial charge in [-0.15, -0.1) is 0 Å². The minimum Gasteiger partial charge on any atom is -0.496 e. The molecule has 1 rings (SSSR count). The van der Waals surface area contributed by atoms with Crippen molar-refractivity contribution in [3.63, 3.8) is 0 Å². The molecule has 0 unspecified atom stereocenters. The van der Waals surface area contributed by atoms with Gasteiger partial charge in [0, 0.05) is 5.56 Å². The van der Waals surface area contributed by atoms with Gasteiger partial charge in [-0.1, -0.05) is 31.5 Å². The van der Waals surface area contributed by atoms with Gasteiger partial charge in [-0.2, -0.15) is 0 Å². The molecule has 0 aliphatic rings. The summed E-state index contributed by atoms with van der Waals surface area (Å²) in [6.07, 6.45) is 1.69. The number of hydrogen-bond donors (Lipinski definition) is 1. The summed E-state index contributed by atoms with van der Waals surface area (Å²) in [5, 5.41) is 10.2. The Labute approximate surface area is 85.5 Å². The fourth-order valence-corrected chi connectivity index (χ4v) is 1.71. The van der Waals surface area contributed by atoms with Crippen molar-refractivity contribution in [3.05, 3.63) is 29.8 Å². The SMILES string of the molecule is CCC[C@](C)(O)c1ccccc1OC. The minimum absolute atomic E-state index is 0.743. The standard InChI is InChI=1S/C12H18O2/c1-4-9-12(2,13)10-7-5-6-8-11(10)14-3/h5-8,13H,4,9H2,1-3H3/t12-/m0/s1. The second kappa shape index (κ2) is 4.47. The average molecular weight is 194 g/mol. The van der Waals surface area contributed by atoms with Crippen molar-refractivity contribution in [2.45, 2.75) is 32.3 Å². The van der Waals surface area contributed by atoms with Gasteiger partial charge in [0.05, 0.1) is 12.7 Å². The molecule has 1 atom stereocenters. The Morgan fingerprint density at radius 2 is 2.00 bits per heavy atom. The largest absolute Gasteiger partial charge is 0.496 e. The lowest BCUT2D eigenvalue weighted by Gasteiger charge is -2.25. The molecule has 1 N–H and O–H groups in total. The molecule has 2 heteroatoms. The van der Waals surface area contributed by atoms with E-state index in [2.05, 4.69) is 6.92 Å². The summed E-state index contributed by atoms with van der Waals surface area (Å²) in [5.74, 6) is 0.756. The van der Waals surface area contributed by atoms with Crippen LogP contribution in [0.1, 0.15) is 32.3 Å². The predicted octanol–water partition coefficient (Wildman–Crippen LogP) is 2.70. The van der Waals surface area contributed by atoms with Crippen LogP contribution < -0.4 is 4.74 Å². The number of benzene rings is 1. The van der Waals surface area contributed by atoms with Crippen LogP contribution in [-0.4, -0.2) is 12.2 Å². The molecule has 0 aromatic heterocycles. The molecule has 78 valence electrons. The Bertz CT molecular complexity index is 292. The van der Waals surface area contributed by atoms with E-state index >= 15 is 0 Å². The first-order valence-corrected chi connectivity index (χ1v) is 4.97. The zero-order chi connectivity index (χ0) is 10.6. The summed E-state index contributed by atoms with van der Waals surface area (Å²) in [4.78, 5) is 0. The highest BCUT2D eigenvalue weighted by molar-refractivity contribution is 5.37. The molecule has 0 amide bonds. The van der Waals surface area contributed by atoms with E-state index < -0.39 is 5.60 Å². The van der Waals surface area contributed by atoms with E-state index in [4.69, 9.17) is 4.74 Å². The molecule has 1 aromatic rings. The molecule has 0 fully saturated rings. The highest BCUT2D eigenvalue weighted by Crippen LogP contribution is 2.32. The molecule has 0 bridgehead atoms. The van der Waals surface area contributed by atoms with Crippen molar-refractivity contribution in [1.29, 1.82) is 0 Å². The van der Waals surface area contributed by atoms with Crippen LogP contribution in [0.2, 0.25) is 0 Å². The van der Waals surface area contributed by atoms with E-state index in [9.17, 15) is 5.11 Å². The summed E-state index contributed by atoms with van der Waals surface area (Å²) in [6.45, 7) is 3.89. The first-order valence-electron chi connectivity index (χ1n) is 4.97. The molecular formula is C12H18O2. The average Bonchev–Trinajstić information content (AvgIpc) is 2.18. The van der Waals surface area contributed by atoms with Crippen LogP contribution in [0.4, 0.5) is 0 Å². The molecule has 2 nitrogen and oxygen atoms in total.